The van der Waals surface area contributed by atoms with Crippen LogP contribution in [0.2, 0.25) is 5.02 Å². The lowest BCUT2D eigenvalue weighted by Gasteiger charge is -2.14. The summed E-state index contributed by atoms with van der Waals surface area (Å²) in [6, 6.07) is 4.03. The predicted molar refractivity (Wildman–Crippen MR) is 78.8 cm³/mol. The van der Waals surface area contributed by atoms with Gasteiger partial charge in [-0.15, -0.1) is 6.58 Å². The van der Waals surface area contributed by atoms with Crippen molar-refractivity contribution in [2.24, 2.45) is 0 Å². The van der Waals surface area contributed by atoms with Gasteiger partial charge in [0.25, 0.3) is 0 Å². The third-order valence-corrected chi connectivity index (χ3v) is 3.07. The Morgan fingerprint density at radius 2 is 2.17 bits per heavy atom. The van der Waals surface area contributed by atoms with Gasteiger partial charge in [0.2, 0.25) is 0 Å². The second kappa shape index (κ2) is 7.45. The van der Waals surface area contributed by atoms with Gasteiger partial charge in [-0.1, -0.05) is 31.5 Å². The molecule has 0 radical (unpaired) electrons. The largest absolute Gasteiger partial charge is 0.492 e. The van der Waals surface area contributed by atoms with Gasteiger partial charge in [-0.3, -0.25) is 0 Å². The summed E-state index contributed by atoms with van der Waals surface area (Å²) in [4.78, 5) is 0. The molecule has 1 N–H and O–H groups in total. The molecule has 1 rings (SSSR count). The predicted octanol–water partition coefficient (Wildman–Crippen LogP) is 3.93. The van der Waals surface area contributed by atoms with Crippen molar-refractivity contribution < 1.29 is 4.74 Å². The highest BCUT2D eigenvalue weighted by Crippen LogP contribution is 2.31. The maximum atomic E-state index is 6.22. The van der Waals surface area contributed by atoms with Crippen LogP contribution in [0.4, 0.5) is 0 Å². The minimum absolute atomic E-state index is 0.402. The normalized spacial score (nSPS) is 10.7. The molecule has 1 aromatic carbocycles. The lowest BCUT2D eigenvalue weighted by atomic mass is 10.0. The molecule has 0 bridgehead atoms. The van der Waals surface area contributed by atoms with E-state index in [1.807, 2.05) is 19.1 Å². The summed E-state index contributed by atoms with van der Waals surface area (Å²) in [6.45, 7) is 12.2. The zero-order chi connectivity index (χ0) is 13.5. The standard InChI is InChI=1S/C15H22ClNO/c1-5-6-17-7-8-18-15-10-13(11(2)3)14(16)9-12(15)4/h5,9-11,17H,1,6-8H2,2-4H3. The first-order valence-electron chi connectivity index (χ1n) is 6.30. The van der Waals surface area contributed by atoms with Gasteiger partial charge in [0, 0.05) is 18.1 Å². The summed E-state index contributed by atoms with van der Waals surface area (Å²) in [5.41, 5.74) is 2.21. The molecule has 0 spiro atoms. The average Bonchev–Trinajstić information content (AvgIpc) is 2.30. The maximum absolute atomic E-state index is 6.22. The smallest absolute Gasteiger partial charge is 0.122 e. The molecule has 0 heterocycles. The molecule has 0 atom stereocenters. The molecule has 0 saturated carbocycles. The van der Waals surface area contributed by atoms with Crippen LogP contribution < -0.4 is 10.1 Å². The summed E-state index contributed by atoms with van der Waals surface area (Å²) < 4.78 is 5.77. The summed E-state index contributed by atoms with van der Waals surface area (Å²) in [6.07, 6.45) is 1.84. The lowest BCUT2D eigenvalue weighted by Crippen LogP contribution is -2.21. The quantitative estimate of drug-likeness (QED) is 0.597. The summed E-state index contributed by atoms with van der Waals surface area (Å²) in [7, 11) is 0. The monoisotopic (exact) mass is 267 g/mol. The van der Waals surface area contributed by atoms with E-state index >= 15 is 0 Å². The Hall–Kier alpha value is -0.990. The highest BCUT2D eigenvalue weighted by molar-refractivity contribution is 6.31. The van der Waals surface area contributed by atoms with Crippen LogP contribution in [0, 0.1) is 6.92 Å². The van der Waals surface area contributed by atoms with Crippen molar-refractivity contribution in [1.29, 1.82) is 0 Å². The van der Waals surface area contributed by atoms with Crippen molar-refractivity contribution in [3.63, 3.8) is 0 Å². The van der Waals surface area contributed by atoms with E-state index in [4.69, 9.17) is 16.3 Å². The van der Waals surface area contributed by atoms with Crippen LogP contribution in [0.15, 0.2) is 24.8 Å². The van der Waals surface area contributed by atoms with E-state index in [-0.39, 0.29) is 0 Å². The minimum atomic E-state index is 0.402. The Kier molecular flexibility index (Phi) is 6.23. The average molecular weight is 268 g/mol. The van der Waals surface area contributed by atoms with Gasteiger partial charge >= 0.3 is 0 Å². The zero-order valence-electron chi connectivity index (χ0n) is 11.4. The van der Waals surface area contributed by atoms with Crippen molar-refractivity contribution in [2.45, 2.75) is 26.7 Å². The first kappa shape index (κ1) is 15.1. The molecule has 2 nitrogen and oxygen atoms in total. The van der Waals surface area contributed by atoms with Crippen LogP contribution in [0.1, 0.15) is 30.9 Å². The van der Waals surface area contributed by atoms with Gasteiger partial charge < -0.3 is 10.1 Å². The Morgan fingerprint density at radius 1 is 1.44 bits per heavy atom. The molecular weight excluding hydrogens is 246 g/mol. The van der Waals surface area contributed by atoms with Gasteiger partial charge in [-0.2, -0.15) is 0 Å². The number of ether oxygens (including phenoxy) is 1. The second-order valence-electron chi connectivity index (χ2n) is 4.64. The number of benzene rings is 1. The zero-order valence-corrected chi connectivity index (χ0v) is 12.2. The third kappa shape index (κ3) is 4.35. The highest BCUT2D eigenvalue weighted by Gasteiger charge is 2.09. The van der Waals surface area contributed by atoms with E-state index < -0.39 is 0 Å². The Balaban J connectivity index is 2.64. The molecule has 0 unspecified atom stereocenters. The number of nitrogens with one attached hydrogen (secondary N) is 1. The molecular formula is C15H22ClNO. The molecule has 0 aliphatic rings. The molecule has 3 heteroatoms. The second-order valence-corrected chi connectivity index (χ2v) is 5.04. The van der Waals surface area contributed by atoms with E-state index in [9.17, 15) is 0 Å². The molecule has 1 aromatic rings. The van der Waals surface area contributed by atoms with Gasteiger partial charge in [0.15, 0.2) is 0 Å². The van der Waals surface area contributed by atoms with Crippen LogP contribution in [-0.4, -0.2) is 19.7 Å². The fraction of sp³-hybridized carbons (Fsp3) is 0.467. The Labute approximate surface area is 115 Å². The van der Waals surface area contributed by atoms with Gasteiger partial charge in [0.05, 0.1) is 0 Å². The van der Waals surface area contributed by atoms with Crippen molar-refractivity contribution in [1.82, 2.24) is 5.32 Å². The highest BCUT2D eigenvalue weighted by atomic mass is 35.5. The fourth-order valence-corrected chi connectivity index (χ4v) is 2.14. The molecule has 0 fully saturated rings. The van der Waals surface area contributed by atoms with Crippen molar-refractivity contribution in [3.05, 3.63) is 40.9 Å². The molecule has 0 aliphatic carbocycles. The van der Waals surface area contributed by atoms with Gasteiger partial charge in [0.1, 0.15) is 12.4 Å². The number of rotatable bonds is 7. The molecule has 18 heavy (non-hydrogen) atoms. The number of aryl methyl sites for hydroxylation is 1. The first-order chi connectivity index (χ1) is 8.56. The summed E-state index contributed by atoms with van der Waals surface area (Å²) in [5.74, 6) is 1.32. The SMILES string of the molecule is C=CCNCCOc1cc(C(C)C)c(Cl)cc1C. The van der Waals surface area contributed by atoms with Crippen molar-refractivity contribution in [2.75, 3.05) is 19.7 Å². The number of hydrogen-bond acceptors (Lipinski definition) is 2. The topological polar surface area (TPSA) is 21.3 Å². The van der Waals surface area contributed by atoms with Crippen LogP contribution >= 0.6 is 11.6 Å². The first-order valence-corrected chi connectivity index (χ1v) is 6.68. The third-order valence-electron chi connectivity index (χ3n) is 2.74. The van der Waals surface area contributed by atoms with E-state index in [1.165, 1.54) is 0 Å². The summed E-state index contributed by atoms with van der Waals surface area (Å²) >= 11 is 6.22. The Morgan fingerprint density at radius 3 is 2.78 bits per heavy atom. The fourth-order valence-electron chi connectivity index (χ4n) is 1.70. The van der Waals surface area contributed by atoms with Crippen molar-refractivity contribution >= 4 is 11.6 Å². The molecule has 0 aromatic heterocycles. The van der Waals surface area contributed by atoms with Crippen LogP contribution in [0.25, 0.3) is 0 Å². The molecule has 0 aliphatic heterocycles. The van der Waals surface area contributed by atoms with E-state index in [0.717, 1.165) is 35.0 Å². The van der Waals surface area contributed by atoms with Gasteiger partial charge in [-0.25, -0.2) is 0 Å². The number of hydrogen-bond donors (Lipinski definition) is 1. The van der Waals surface area contributed by atoms with Crippen LogP contribution in [0.3, 0.4) is 0 Å². The maximum Gasteiger partial charge on any atom is 0.122 e. The summed E-state index contributed by atoms with van der Waals surface area (Å²) in [5, 5.41) is 4.02. The van der Waals surface area contributed by atoms with Crippen LogP contribution in [0.5, 0.6) is 5.75 Å². The van der Waals surface area contributed by atoms with E-state index in [0.29, 0.717) is 12.5 Å². The van der Waals surface area contributed by atoms with Crippen molar-refractivity contribution in [3.8, 4) is 5.75 Å². The van der Waals surface area contributed by atoms with Crippen LogP contribution in [-0.2, 0) is 0 Å². The Bertz CT molecular complexity index is 402. The van der Waals surface area contributed by atoms with E-state index in [1.54, 1.807) is 0 Å². The minimum Gasteiger partial charge on any atom is -0.492 e. The molecule has 0 amide bonds. The molecule has 0 saturated heterocycles. The molecule has 100 valence electrons. The van der Waals surface area contributed by atoms with E-state index in [2.05, 4.69) is 31.8 Å². The lowest BCUT2D eigenvalue weighted by molar-refractivity contribution is 0.314. The number of halogens is 1. The van der Waals surface area contributed by atoms with Gasteiger partial charge in [-0.05, 0) is 36.1 Å².